The lowest BCUT2D eigenvalue weighted by Gasteiger charge is -2.20. The van der Waals surface area contributed by atoms with Crippen LogP contribution < -0.4 is 9.74 Å². The number of rotatable bonds is 5. The molecule has 0 bridgehead atoms. The minimum absolute atomic E-state index is 0.0313. The van der Waals surface area contributed by atoms with Crippen LogP contribution in [0.4, 0.5) is 0 Å². The lowest BCUT2D eigenvalue weighted by atomic mass is 9.91. The third kappa shape index (κ3) is 3.98. The monoisotopic (exact) mass is 395 g/mol. The van der Waals surface area contributed by atoms with E-state index in [0.29, 0.717) is 24.5 Å². The van der Waals surface area contributed by atoms with Crippen LogP contribution in [-0.4, -0.2) is 23.6 Å². The van der Waals surface area contributed by atoms with Crippen molar-refractivity contribution in [3.05, 3.63) is 70.5 Å². The average molecular weight is 395 g/mol. The molecule has 0 unspecified atom stereocenters. The maximum atomic E-state index is 12.7. The SMILES string of the molecule is Cn1c(=O)ccc2cc(SOc3cccc(C(=O)C4CCOCC4)c3)ccc21. The molecule has 1 aliphatic heterocycles. The van der Waals surface area contributed by atoms with Gasteiger partial charge < -0.3 is 13.5 Å². The van der Waals surface area contributed by atoms with E-state index in [-0.39, 0.29) is 17.3 Å². The third-order valence-electron chi connectivity index (χ3n) is 5.04. The number of carbonyl (C=O) groups excluding carboxylic acids is 1. The van der Waals surface area contributed by atoms with Gasteiger partial charge in [-0.15, -0.1) is 0 Å². The summed E-state index contributed by atoms with van der Waals surface area (Å²) < 4.78 is 12.8. The van der Waals surface area contributed by atoms with Gasteiger partial charge in [0.15, 0.2) is 5.78 Å². The highest BCUT2D eigenvalue weighted by atomic mass is 32.2. The van der Waals surface area contributed by atoms with Gasteiger partial charge >= 0.3 is 0 Å². The van der Waals surface area contributed by atoms with Crippen molar-refractivity contribution in [2.75, 3.05) is 13.2 Å². The van der Waals surface area contributed by atoms with E-state index < -0.39 is 0 Å². The molecule has 0 radical (unpaired) electrons. The number of aryl methyl sites for hydroxylation is 1. The van der Waals surface area contributed by atoms with Gasteiger partial charge in [-0.1, -0.05) is 12.1 Å². The van der Waals surface area contributed by atoms with Crippen molar-refractivity contribution in [3.8, 4) is 5.75 Å². The number of pyridine rings is 1. The van der Waals surface area contributed by atoms with Crippen LogP contribution in [0.3, 0.4) is 0 Å². The van der Waals surface area contributed by atoms with Gasteiger partial charge in [0.1, 0.15) is 5.75 Å². The Morgan fingerprint density at radius 1 is 1.11 bits per heavy atom. The van der Waals surface area contributed by atoms with Crippen molar-refractivity contribution in [2.45, 2.75) is 17.7 Å². The van der Waals surface area contributed by atoms with E-state index in [1.807, 2.05) is 42.5 Å². The molecule has 1 saturated heterocycles. The molecule has 0 N–H and O–H groups in total. The number of hydrogen-bond acceptors (Lipinski definition) is 5. The van der Waals surface area contributed by atoms with Crippen LogP contribution in [0.5, 0.6) is 5.75 Å². The van der Waals surface area contributed by atoms with Crippen LogP contribution in [-0.2, 0) is 11.8 Å². The largest absolute Gasteiger partial charge is 0.421 e. The summed E-state index contributed by atoms with van der Waals surface area (Å²) in [5, 5.41) is 0.971. The summed E-state index contributed by atoms with van der Waals surface area (Å²) in [6, 6.07) is 16.5. The van der Waals surface area contributed by atoms with E-state index in [2.05, 4.69) is 0 Å². The van der Waals surface area contributed by atoms with Crippen molar-refractivity contribution in [2.24, 2.45) is 13.0 Å². The standard InChI is InChI=1S/C22H21NO4S/c1-23-20-7-6-19(14-16(20)5-8-21(23)24)28-27-18-4-2-3-17(13-18)22(25)15-9-11-26-12-10-15/h2-8,13-15H,9-12H2,1H3. The predicted molar refractivity (Wildman–Crippen MR) is 110 cm³/mol. The van der Waals surface area contributed by atoms with E-state index in [1.165, 1.54) is 12.0 Å². The first-order chi connectivity index (χ1) is 13.6. The molecule has 2 aromatic carbocycles. The third-order valence-corrected chi connectivity index (χ3v) is 5.76. The molecule has 0 saturated carbocycles. The zero-order valence-electron chi connectivity index (χ0n) is 15.6. The Bertz CT molecular complexity index is 1070. The molecule has 6 heteroatoms. The maximum Gasteiger partial charge on any atom is 0.250 e. The second-order valence-corrected chi connectivity index (χ2v) is 7.70. The molecule has 144 valence electrons. The van der Waals surface area contributed by atoms with Gasteiger partial charge in [-0.05, 0) is 54.6 Å². The Morgan fingerprint density at radius 2 is 1.93 bits per heavy atom. The average Bonchev–Trinajstić information content (AvgIpc) is 2.75. The highest BCUT2D eigenvalue weighted by Crippen LogP contribution is 2.28. The molecule has 1 aromatic heterocycles. The van der Waals surface area contributed by atoms with Crippen LogP contribution in [0.2, 0.25) is 0 Å². The quantitative estimate of drug-likeness (QED) is 0.478. The normalized spacial score (nSPS) is 14.9. The fraction of sp³-hybridized carbons (Fsp3) is 0.273. The Kier molecular flexibility index (Phi) is 5.50. The van der Waals surface area contributed by atoms with Crippen LogP contribution >= 0.6 is 12.0 Å². The Morgan fingerprint density at radius 3 is 2.75 bits per heavy atom. The molecule has 0 spiro atoms. The van der Waals surface area contributed by atoms with Gasteiger partial charge in [0.05, 0.1) is 17.6 Å². The predicted octanol–water partition coefficient (Wildman–Crippen LogP) is 4.23. The summed E-state index contributed by atoms with van der Waals surface area (Å²) in [5.74, 6) is 0.831. The maximum absolute atomic E-state index is 12.7. The minimum Gasteiger partial charge on any atom is -0.421 e. The zero-order chi connectivity index (χ0) is 19.5. The van der Waals surface area contributed by atoms with Crippen LogP contribution in [0.15, 0.2) is 64.3 Å². The summed E-state index contributed by atoms with van der Waals surface area (Å²) in [5.41, 5.74) is 1.52. The second kappa shape index (κ2) is 8.20. The Balaban J connectivity index is 1.47. The lowest BCUT2D eigenvalue weighted by molar-refractivity contribution is 0.0545. The first kappa shape index (κ1) is 18.8. The summed E-state index contributed by atoms with van der Waals surface area (Å²) in [6.45, 7) is 1.30. The molecule has 3 aromatic rings. The second-order valence-electron chi connectivity index (χ2n) is 6.90. The van der Waals surface area contributed by atoms with Crippen molar-refractivity contribution in [3.63, 3.8) is 0 Å². The van der Waals surface area contributed by atoms with Crippen molar-refractivity contribution in [1.82, 2.24) is 4.57 Å². The van der Waals surface area contributed by atoms with Gasteiger partial charge in [0.25, 0.3) is 5.56 Å². The van der Waals surface area contributed by atoms with E-state index >= 15 is 0 Å². The molecule has 0 aliphatic carbocycles. The number of benzene rings is 2. The summed E-state index contributed by atoms with van der Waals surface area (Å²) in [4.78, 5) is 25.3. The molecule has 5 nitrogen and oxygen atoms in total. The molecule has 28 heavy (non-hydrogen) atoms. The van der Waals surface area contributed by atoms with E-state index in [4.69, 9.17) is 8.92 Å². The van der Waals surface area contributed by atoms with Crippen LogP contribution in [0.25, 0.3) is 10.9 Å². The zero-order valence-corrected chi connectivity index (χ0v) is 16.4. The van der Waals surface area contributed by atoms with Gasteiger partial charge in [0, 0.05) is 42.7 Å². The van der Waals surface area contributed by atoms with Crippen molar-refractivity contribution in [1.29, 1.82) is 0 Å². The van der Waals surface area contributed by atoms with Crippen LogP contribution in [0, 0.1) is 5.92 Å². The first-order valence-corrected chi connectivity index (χ1v) is 10.0. The van der Waals surface area contributed by atoms with E-state index in [0.717, 1.165) is 28.6 Å². The highest BCUT2D eigenvalue weighted by Gasteiger charge is 2.23. The van der Waals surface area contributed by atoms with Gasteiger partial charge in [-0.25, -0.2) is 0 Å². The van der Waals surface area contributed by atoms with Gasteiger partial charge in [0.2, 0.25) is 0 Å². The fourth-order valence-corrected chi connectivity index (χ4v) is 4.00. The Hall–Kier alpha value is -2.57. The number of aromatic nitrogens is 1. The number of nitrogens with zero attached hydrogens (tertiary/aromatic N) is 1. The van der Waals surface area contributed by atoms with Gasteiger partial charge in [-0.3, -0.25) is 9.59 Å². The van der Waals surface area contributed by atoms with E-state index in [1.54, 1.807) is 23.7 Å². The molecule has 4 rings (SSSR count). The fourth-order valence-electron chi connectivity index (χ4n) is 3.41. The Labute approximate surface area is 167 Å². The topological polar surface area (TPSA) is 57.5 Å². The molecule has 0 amide bonds. The highest BCUT2D eigenvalue weighted by molar-refractivity contribution is 7.95. The van der Waals surface area contributed by atoms with E-state index in [9.17, 15) is 9.59 Å². The molecular weight excluding hydrogens is 374 g/mol. The summed E-state index contributed by atoms with van der Waals surface area (Å²) >= 11 is 1.24. The van der Waals surface area contributed by atoms with Crippen molar-refractivity contribution < 1.29 is 13.7 Å². The molecule has 1 fully saturated rings. The number of Topliss-reactive ketones (excluding diaryl/α,β-unsaturated/α-hetero) is 1. The number of carbonyl (C=O) groups is 1. The van der Waals surface area contributed by atoms with Crippen LogP contribution in [0.1, 0.15) is 23.2 Å². The summed E-state index contributed by atoms with van der Waals surface area (Å²) in [6.07, 6.45) is 1.55. The molecule has 0 atom stereocenters. The number of hydrogen-bond donors (Lipinski definition) is 0. The first-order valence-electron chi connectivity index (χ1n) is 9.28. The number of ether oxygens (including phenoxy) is 1. The number of fused-ring (bicyclic) bond motifs is 1. The summed E-state index contributed by atoms with van der Waals surface area (Å²) in [7, 11) is 1.76. The minimum atomic E-state index is -0.0323. The lowest BCUT2D eigenvalue weighted by Crippen LogP contribution is -2.23. The smallest absolute Gasteiger partial charge is 0.250 e. The van der Waals surface area contributed by atoms with Gasteiger partial charge in [-0.2, -0.15) is 0 Å². The molecule has 1 aliphatic rings. The molecular formula is C22H21NO4S. The number of ketones is 1. The van der Waals surface area contributed by atoms with Crippen molar-refractivity contribution >= 4 is 28.7 Å². The molecule has 2 heterocycles.